The third kappa shape index (κ3) is 3.75. The smallest absolute Gasteiger partial charge is 0.226 e. The monoisotopic (exact) mass is 327 g/mol. The van der Waals surface area contributed by atoms with Crippen molar-refractivity contribution in [2.24, 2.45) is 0 Å². The van der Waals surface area contributed by atoms with Gasteiger partial charge in [0.15, 0.2) is 0 Å². The number of anilines is 2. The minimum absolute atomic E-state index is 0.173. The third-order valence-electron chi connectivity index (χ3n) is 4.48. The number of nitrogens with two attached hydrogens (primary N) is 1. The number of hydrogen-bond donors (Lipinski definition) is 2. The SMILES string of the molecule is CCCCNc1nc(N)nc2c1CN(C(=O)CC1=CC=CC1)CC2. The van der Waals surface area contributed by atoms with Crippen molar-refractivity contribution in [3.63, 3.8) is 0 Å². The van der Waals surface area contributed by atoms with Gasteiger partial charge in [0.1, 0.15) is 5.82 Å². The van der Waals surface area contributed by atoms with E-state index in [-0.39, 0.29) is 5.91 Å². The minimum Gasteiger partial charge on any atom is -0.370 e. The molecule has 1 aromatic heterocycles. The molecule has 0 atom stereocenters. The predicted molar refractivity (Wildman–Crippen MR) is 95.4 cm³/mol. The Labute approximate surface area is 142 Å². The number of nitrogens with zero attached hydrogens (tertiary/aromatic N) is 3. The van der Waals surface area contributed by atoms with E-state index in [4.69, 9.17) is 5.73 Å². The number of carbonyl (C=O) groups is 1. The molecule has 1 aromatic rings. The van der Waals surface area contributed by atoms with Gasteiger partial charge >= 0.3 is 0 Å². The van der Waals surface area contributed by atoms with Crippen LogP contribution in [-0.4, -0.2) is 33.9 Å². The van der Waals surface area contributed by atoms with E-state index < -0.39 is 0 Å². The molecule has 0 unspecified atom stereocenters. The number of nitrogen functional groups attached to an aromatic ring is 1. The van der Waals surface area contributed by atoms with Crippen LogP contribution in [0, 0.1) is 0 Å². The fourth-order valence-corrected chi connectivity index (χ4v) is 3.10. The molecule has 6 heteroatoms. The maximum atomic E-state index is 12.6. The van der Waals surface area contributed by atoms with Gasteiger partial charge in [-0.2, -0.15) is 4.98 Å². The lowest BCUT2D eigenvalue weighted by atomic mass is 10.0. The molecule has 24 heavy (non-hydrogen) atoms. The fourth-order valence-electron chi connectivity index (χ4n) is 3.10. The highest BCUT2D eigenvalue weighted by Crippen LogP contribution is 2.26. The molecule has 0 spiro atoms. The molecule has 0 fully saturated rings. The first kappa shape index (κ1) is 16.5. The van der Waals surface area contributed by atoms with Gasteiger partial charge in [0.25, 0.3) is 0 Å². The van der Waals surface area contributed by atoms with E-state index >= 15 is 0 Å². The first-order valence-electron chi connectivity index (χ1n) is 8.69. The van der Waals surface area contributed by atoms with Gasteiger partial charge in [0.05, 0.1) is 12.2 Å². The fraction of sp³-hybridized carbons (Fsp3) is 0.500. The van der Waals surface area contributed by atoms with Crippen LogP contribution in [0.15, 0.2) is 23.8 Å². The lowest BCUT2D eigenvalue weighted by Gasteiger charge is -2.30. The van der Waals surface area contributed by atoms with Crippen molar-refractivity contribution in [3.05, 3.63) is 35.1 Å². The van der Waals surface area contributed by atoms with E-state index in [1.54, 1.807) is 0 Å². The van der Waals surface area contributed by atoms with Crippen molar-refractivity contribution in [2.75, 3.05) is 24.1 Å². The number of nitrogens with one attached hydrogen (secondary N) is 1. The minimum atomic E-state index is 0.173. The quantitative estimate of drug-likeness (QED) is 0.784. The topological polar surface area (TPSA) is 84.1 Å². The van der Waals surface area contributed by atoms with E-state index in [9.17, 15) is 4.79 Å². The molecule has 0 saturated heterocycles. The molecule has 2 aliphatic rings. The summed E-state index contributed by atoms with van der Waals surface area (Å²) in [5.74, 6) is 1.26. The average molecular weight is 327 g/mol. The lowest BCUT2D eigenvalue weighted by Crippen LogP contribution is -2.37. The van der Waals surface area contributed by atoms with Crippen LogP contribution in [-0.2, 0) is 17.8 Å². The highest BCUT2D eigenvalue weighted by atomic mass is 16.2. The number of rotatable bonds is 6. The zero-order valence-electron chi connectivity index (χ0n) is 14.2. The Hall–Kier alpha value is -2.37. The summed E-state index contributed by atoms with van der Waals surface area (Å²) in [5, 5.41) is 3.36. The average Bonchev–Trinajstić information content (AvgIpc) is 3.07. The Morgan fingerprint density at radius 1 is 1.42 bits per heavy atom. The predicted octanol–water partition coefficient (Wildman–Crippen LogP) is 2.43. The number of amides is 1. The molecule has 128 valence electrons. The second-order valence-corrected chi connectivity index (χ2v) is 6.34. The van der Waals surface area contributed by atoms with Gasteiger partial charge in [0.2, 0.25) is 11.9 Å². The number of aromatic nitrogens is 2. The number of carbonyl (C=O) groups excluding carboxylic acids is 1. The molecule has 0 bridgehead atoms. The van der Waals surface area contributed by atoms with Crippen LogP contribution >= 0.6 is 0 Å². The third-order valence-corrected chi connectivity index (χ3v) is 4.48. The number of hydrogen-bond acceptors (Lipinski definition) is 5. The summed E-state index contributed by atoms with van der Waals surface area (Å²) in [4.78, 5) is 23.2. The van der Waals surface area contributed by atoms with Crippen LogP contribution in [0.4, 0.5) is 11.8 Å². The van der Waals surface area contributed by atoms with Crippen LogP contribution in [0.25, 0.3) is 0 Å². The van der Waals surface area contributed by atoms with Gasteiger partial charge < -0.3 is 16.0 Å². The molecule has 3 rings (SSSR count). The molecule has 1 aliphatic carbocycles. The van der Waals surface area contributed by atoms with E-state index in [1.165, 1.54) is 5.57 Å². The molecule has 0 saturated carbocycles. The van der Waals surface area contributed by atoms with E-state index in [2.05, 4.69) is 28.3 Å². The van der Waals surface area contributed by atoms with Gasteiger partial charge in [-0.3, -0.25) is 4.79 Å². The largest absolute Gasteiger partial charge is 0.370 e. The van der Waals surface area contributed by atoms with Gasteiger partial charge in [0, 0.05) is 31.5 Å². The number of fused-ring (bicyclic) bond motifs is 1. The van der Waals surface area contributed by atoms with Gasteiger partial charge in [-0.25, -0.2) is 4.98 Å². The number of unbranched alkanes of at least 4 members (excludes halogenated alkanes) is 1. The molecule has 3 N–H and O–H groups in total. The summed E-state index contributed by atoms with van der Waals surface area (Å²) >= 11 is 0. The van der Waals surface area contributed by atoms with Crippen LogP contribution < -0.4 is 11.1 Å². The van der Waals surface area contributed by atoms with Crippen molar-refractivity contribution in [1.82, 2.24) is 14.9 Å². The van der Waals surface area contributed by atoms with Gasteiger partial charge in [-0.15, -0.1) is 0 Å². The molecular weight excluding hydrogens is 302 g/mol. The van der Waals surface area contributed by atoms with Crippen LogP contribution in [0.5, 0.6) is 0 Å². The highest BCUT2D eigenvalue weighted by Gasteiger charge is 2.25. The van der Waals surface area contributed by atoms with Crippen molar-refractivity contribution in [1.29, 1.82) is 0 Å². The first-order valence-corrected chi connectivity index (χ1v) is 8.69. The normalized spacial score (nSPS) is 16.0. The van der Waals surface area contributed by atoms with E-state index in [1.807, 2.05) is 17.1 Å². The Kier molecular flexibility index (Phi) is 5.13. The van der Waals surface area contributed by atoms with Crippen molar-refractivity contribution in [2.45, 2.75) is 45.6 Å². The Bertz CT molecular complexity index is 680. The maximum absolute atomic E-state index is 12.6. The Morgan fingerprint density at radius 2 is 2.29 bits per heavy atom. The molecule has 2 heterocycles. The standard InChI is InChI=1S/C18H25N5O/c1-2-3-9-20-17-14-12-23(10-8-15(14)21-18(19)22-17)16(24)11-13-6-4-5-7-13/h4-6H,2-3,7-12H2,1H3,(H3,19,20,21,22). The molecule has 6 nitrogen and oxygen atoms in total. The molecular formula is C18H25N5O. The maximum Gasteiger partial charge on any atom is 0.226 e. The van der Waals surface area contributed by atoms with Crippen molar-refractivity contribution >= 4 is 17.7 Å². The summed E-state index contributed by atoms with van der Waals surface area (Å²) in [5.41, 5.74) is 8.99. The van der Waals surface area contributed by atoms with Gasteiger partial charge in [-0.05, 0) is 12.8 Å². The first-order chi connectivity index (χ1) is 11.7. The number of allylic oxidation sites excluding steroid dienone is 3. The van der Waals surface area contributed by atoms with Crippen LogP contribution in [0.3, 0.4) is 0 Å². The second-order valence-electron chi connectivity index (χ2n) is 6.34. The van der Waals surface area contributed by atoms with Gasteiger partial charge in [-0.1, -0.05) is 37.1 Å². The van der Waals surface area contributed by atoms with E-state index in [0.29, 0.717) is 25.5 Å². The summed E-state index contributed by atoms with van der Waals surface area (Å²) < 4.78 is 0. The molecule has 0 aromatic carbocycles. The van der Waals surface area contributed by atoms with Crippen molar-refractivity contribution < 1.29 is 4.79 Å². The summed E-state index contributed by atoms with van der Waals surface area (Å²) in [7, 11) is 0. The highest BCUT2D eigenvalue weighted by molar-refractivity contribution is 5.79. The summed E-state index contributed by atoms with van der Waals surface area (Å²) in [6.07, 6.45) is 10.4. The van der Waals surface area contributed by atoms with Crippen LogP contribution in [0.1, 0.15) is 43.9 Å². The molecule has 0 radical (unpaired) electrons. The van der Waals surface area contributed by atoms with Crippen molar-refractivity contribution in [3.8, 4) is 0 Å². The lowest BCUT2D eigenvalue weighted by molar-refractivity contribution is -0.131. The molecule has 1 aliphatic heterocycles. The summed E-state index contributed by atoms with van der Waals surface area (Å²) in [6.45, 7) is 4.26. The zero-order chi connectivity index (χ0) is 16.9. The Morgan fingerprint density at radius 3 is 3.04 bits per heavy atom. The second kappa shape index (κ2) is 7.47. The van der Waals surface area contributed by atoms with E-state index in [0.717, 1.165) is 49.3 Å². The molecule has 1 amide bonds. The Balaban J connectivity index is 1.72. The van der Waals surface area contributed by atoms with Crippen LogP contribution in [0.2, 0.25) is 0 Å². The summed E-state index contributed by atoms with van der Waals surface area (Å²) in [6, 6.07) is 0. The zero-order valence-corrected chi connectivity index (χ0v) is 14.2.